The molecule has 5 nitrogen and oxygen atoms in total. The molecule has 1 aliphatic heterocycles. The maximum atomic E-state index is 12.2. The average Bonchev–Trinajstić information content (AvgIpc) is 3.09. The van der Waals surface area contributed by atoms with E-state index in [2.05, 4.69) is 10.4 Å². The normalized spacial score (nSPS) is 21.4. The van der Waals surface area contributed by atoms with Gasteiger partial charge in [-0.15, -0.1) is 0 Å². The summed E-state index contributed by atoms with van der Waals surface area (Å²) >= 11 is 5.90. The fourth-order valence-electron chi connectivity index (χ4n) is 2.51. The fourth-order valence-corrected chi connectivity index (χ4v) is 2.63. The summed E-state index contributed by atoms with van der Waals surface area (Å²) in [6.07, 6.45) is 3.91. The van der Waals surface area contributed by atoms with Gasteiger partial charge in [-0.2, -0.15) is 5.10 Å². The average molecular weight is 306 g/mol. The van der Waals surface area contributed by atoms with Crippen molar-refractivity contribution in [2.45, 2.75) is 18.6 Å². The molecule has 3 rings (SSSR count). The second-order valence-corrected chi connectivity index (χ2v) is 5.55. The number of aryl methyl sites for hydroxylation is 1. The fraction of sp³-hybridized carbons (Fsp3) is 0.333. The van der Waals surface area contributed by atoms with E-state index in [-0.39, 0.29) is 18.1 Å². The second kappa shape index (κ2) is 5.87. The van der Waals surface area contributed by atoms with Gasteiger partial charge in [-0.25, -0.2) is 0 Å². The number of carbonyl (C=O) groups excluding carboxylic acids is 1. The minimum absolute atomic E-state index is 0.0427. The van der Waals surface area contributed by atoms with Gasteiger partial charge in [0.1, 0.15) is 6.10 Å². The maximum absolute atomic E-state index is 12.2. The van der Waals surface area contributed by atoms with Crippen molar-refractivity contribution in [3.8, 4) is 0 Å². The number of carbonyl (C=O) groups is 1. The topological polar surface area (TPSA) is 56.2 Å². The highest BCUT2D eigenvalue weighted by atomic mass is 35.5. The molecule has 0 radical (unpaired) electrons. The Morgan fingerprint density at radius 3 is 2.86 bits per heavy atom. The summed E-state index contributed by atoms with van der Waals surface area (Å²) in [6, 6.07) is 7.49. The van der Waals surface area contributed by atoms with Gasteiger partial charge in [0.25, 0.3) is 5.91 Å². The van der Waals surface area contributed by atoms with Crippen molar-refractivity contribution < 1.29 is 9.53 Å². The van der Waals surface area contributed by atoms with Crippen LogP contribution in [0.5, 0.6) is 0 Å². The quantitative estimate of drug-likeness (QED) is 0.947. The molecule has 1 fully saturated rings. The van der Waals surface area contributed by atoms with Gasteiger partial charge in [-0.1, -0.05) is 23.7 Å². The summed E-state index contributed by atoms with van der Waals surface area (Å²) in [5, 5.41) is 7.72. The van der Waals surface area contributed by atoms with Crippen molar-refractivity contribution in [1.29, 1.82) is 0 Å². The Morgan fingerprint density at radius 2 is 2.19 bits per heavy atom. The number of ether oxygens (including phenoxy) is 1. The number of benzene rings is 1. The van der Waals surface area contributed by atoms with E-state index in [1.807, 2.05) is 24.3 Å². The van der Waals surface area contributed by atoms with Gasteiger partial charge in [0.2, 0.25) is 0 Å². The third-order valence-corrected chi connectivity index (χ3v) is 3.83. The number of nitrogens with zero attached hydrogens (tertiary/aromatic N) is 2. The third kappa shape index (κ3) is 3.09. The smallest absolute Gasteiger partial charge is 0.254 e. The lowest BCUT2D eigenvalue weighted by Gasteiger charge is -2.20. The number of hydrogen-bond acceptors (Lipinski definition) is 3. The monoisotopic (exact) mass is 305 g/mol. The number of rotatable bonds is 3. The Kier molecular flexibility index (Phi) is 3.94. The Balaban J connectivity index is 1.72. The summed E-state index contributed by atoms with van der Waals surface area (Å²) in [5.74, 6) is -0.127. The van der Waals surface area contributed by atoms with Gasteiger partial charge in [-0.05, 0) is 24.1 Å². The minimum atomic E-state index is -0.136. The number of amides is 1. The molecule has 6 heteroatoms. The van der Waals surface area contributed by atoms with E-state index < -0.39 is 0 Å². The molecule has 2 heterocycles. The Morgan fingerprint density at radius 1 is 1.43 bits per heavy atom. The van der Waals surface area contributed by atoms with E-state index in [4.69, 9.17) is 16.3 Å². The number of halogens is 1. The van der Waals surface area contributed by atoms with E-state index in [1.165, 1.54) is 0 Å². The Bertz CT molecular complexity index is 639. The largest absolute Gasteiger partial charge is 0.371 e. The molecule has 1 aliphatic rings. The molecule has 2 unspecified atom stereocenters. The number of hydrogen-bond donors (Lipinski definition) is 1. The van der Waals surface area contributed by atoms with E-state index >= 15 is 0 Å². The molecule has 1 saturated heterocycles. The van der Waals surface area contributed by atoms with Gasteiger partial charge in [0.05, 0.1) is 17.8 Å². The zero-order chi connectivity index (χ0) is 14.8. The summed E-state index contributed by atoms with van der Waals surface area (Å²) in [6.45, 7) is 0.630. The lowest BCUT2D eigenvalue weighted by Crippen LogP contribution is -2.36. The van der Waals surface area contributed by atoms with Crippen molar-refractivity contribution in [1.82, 2.24) is 15.1 Å². The first-order chi connectivity index (χ1) is 10.1. The van der Waals surface area contributed by atoms with Crippen molar-refractivity contribution in [3.63, 3.8) is 0 Å². The molecule has 21 heavy (non-hydrogen) atoms. The molecular formula is C15H16ClN3O2. The van der Waals surface area contributed by atoms with Crippen molar-refractivity contribution in [3.05, 3.63) is 52.8 Å². The molecule has 0 aliphatic carbocycles. The van der Waals surface area contributed by atoms with Crippen molar-refractivity contribution in [2.24, 2.45) is 7.05 Å². The van der Waals surface area contributed by atoms with Crippen LogP contribution in [0.25, 0.3) is 0 Å². The number of aromatic nitrogens is 2. The van der Waals surface area contributed by atoms with Gasteiger partial charge < -0.3 is 10.1 Å². The van der Waals surface area contributed by atoms with Crippen LogP contribution in [0.4, 0.5) is 0 Å². The van der Waals surface area contributed by atoms with Gasteiger partial charge in [0, 0.05) is 24.9 Å². The van der Waals surface area contributed by atoms with Crippen LogP contribution < -0.4 is 5.32 Å². The lowest BCUT2D eigenvalue weighted by molar-refractivity contribution is 0.0821. The van der Waals surface area contributed by atoms with Crippen LogP contribution in [0.1, 0.15) is 28.4 Å². The molecule has 1 N–H and O–H groups in total. The van der Waals surface area contributed by atoms with Gasteiger partial charge in [-0.3, -0.25) is 9.48 Å². The van der Waals surface area contributed by atoms with Crippen LogP contribution >= 0.6 is 11.6 Å². The van der Waals surface area contributed by atoms with E-state index in [9.17, 15) is 4.79 Å². The predicted molar refractivity (Wildman–Crippen MR) is 79.2 cm³/mol. The SMILES string of the molecule is Cn1cc(C(=O)NC2CCOC2c2ccc(Cl)cc2)cn1. The zero-order valence-electron chi connectivity index (χ0n) is 11.6. The Hall–Kier alpha value is -1.85. The maximum Gasteiger partial charge on any atom is 0.254 e. The molecule has 2 atom stereocenters. The summed E-state index contributed by atoms with van der Waals surface area (Å²) in [4.78, 5) is 12.2. The molecule has 1 aromatic carbocycles. The number of nitrogens with one attached hydrogen (secondary N) is 1. The molecule has 0 saturated carbocycles. The zero-order valence-corrected chi connectivity index (χ0v) is 12.4. The van der Waals surface area contributed by atoms with Crippen LogP contribution in [0.3, 0.4) is 0 Å². The van der Waals surface area contributed by atoms with E-state index in [0.717, 1.165) is 12.0 Å². The molecule has 0 spiro atoms. The lowest BCUT2D eigenvalue weighted by atomic mass is 10.0. The van der Waals surface area contributed by atoms with Gasteiger partial charge >= 0.3 is 0 Å². The van der Waals surface area contributed by atoms with Crippen molar-refractivity contribution >= 4 is 17.5 Å². The summed E-state index contributed by atoms with van der Waals surface area (Å²) < 4.78 is 7.36. The van der Waals surface area contributed by atoms with Crippen molar-refractivity contribution in [2.75, 3.05) is 6.61 Å². The minimum Gasteiger partial charge on any atom is -0.371 e. The molecule has 2 aromatic rings. The predicted octanol–water partition coefficient (Wildman–Crippen LogP) is 2.33. The highest BCUT2D eigenvalue weighted by Crippen LogP contribution is 2.30. The van der Waals surface area contributed by atoms with Gasteiger partial charge in [0.15, 0.2) is 0 Å². The Labute approximate surface area is 127 Å². The highest BCUT2D eigenvalue weighted by molar-refractivity contribution is 6.30. The van der Waals surface area contributed by atoms with Crippen LogP contribution in [-0.4, -0.2) is 28.3 Å². The van der Waals surface area contributed by atoms with Crippen LogP contribution in [-0.2, 0) is 11.8 Å². The first-order valence-electron chi connectivity index (χ1n) is 6.80. The first kappa shape index (κ1) is 14.1. The van der Waals surface area contributed by atoms with Crippen LogP contribution in [0, 0.1) is 0 Å². The third-order valence-electron chi connectivity index (χ3n) is 3.57. The van der Waals surface area contributed by atoms with E-state index in [1.54, 1.807) is 24.1 Å². The molecule has 1 amide bonds. The molecule has 1 aromatic heterocycles. The van der Waals surface area contributed by atoms with Crippen LogP contribution in [0.15, 0.2) is 36.7 Å². The highest BCUT2D eigenvalue weighted by Gasteiger charge is 2.31. The molecular weight excluding hydrogens is 290 g/mol. The second-order valence-electron chi connectivity index (χ2n) is 5.11. The summed E-state index contributed by atoms with van der Waals surface area (Å²) in [5.41, 5.74) is 1.58. The standard InChI is InChI=1S/C15H16ClN3O2/c1-19-9-11(8-17-19)15(20)18-13-6-7-21-14(13)10-2-4-12(16)5-3-10/h2-5,8-9,13-14H,6-7H2,1H3,(H,18,20). The van der Waals surface area contributed by atoms with E-state index in [0.29, 0.717) is 17.2 Å². The van der Waals surface area contributed by atoms with Crippen LogP contribution in [0.2, 0.25) is 5.02 Å². The summed E-state index contributed by atoms with van der Waals surface area (Å²) in [7, 11) is 1.78. The molecule has 110 valence electrons. The molecule has 0 bridgehead atoms. The first-order valence-corrected chi connectivity index (χ1v) is 7.18.